The molecule has 4 heteroatoms. The quantitative estimate of drug-likeness (QED) is 0.747. The summed E-state index contributed by atoms with van der Waals surface area (Å²) in [5, 5.41) is 0. The smallest absolute Gasteiger partial charge is 0.323 e. The van der Waals surface area contributed by atoms with Crippen molar-refractivity contribution in [2.24, 2.45) is 11.7 Å². The van der Waals surface area contributed by atoms with E-state index in [4.69, 9.17) is 5.73 Å². The Morgan fingerprint density at radius 3 is 2.37 bits per heavy atom. The van der Waals surface area contributed by atoms with Crippen LogP contribution in [0.4, 0.5) is 0 Å². The van der Waals surface area contributed by atoms with Crippen molar-refractivity contribution < 1.29 is 0 Å². The fraction of sp³-hybridized carbons (Fsp3) is 0.533. The van der Waals surface area contributed by atoms with E-state index in [0.29, 0.717) is 5.92 Å². The SMILES string of the molecule is CCCC(CCC)C(N)c1ccc2[nH]c(=O)[nH]c2c1. The molecule has 0 aliphatic carbocycles. The minimum atomic E-state index is -0.167. The lowest BCUT2D eigenvalue weighted by Crippen LogP contribution is -2.21. The van der Waals surface area contributed by atoms with E-state index in [1.54, 1.807) is 0 Å². The molecular weight excluding hydrogens is 238 g/mol. The van der Waals surface area contributed by atoms with E-state index in [1.165, 1.54) is 0 Å². The Bertz CT molecular complexity index is 578. The Morgan fingerprint density at radius 1 is 1.11 bits per heavy atom. The summed E-state index contributed by atoms with van der Waals surface area (Å²) in [6.07, 6.45) is 4.61. The van der Waals surface area contributed by atoms with Crippen molar-refractivity contribution in [3.05, 3.63) is 34.2 Å². The largest absolute Gasteiger partial charge is 0.324 e. The summed E-state index contributed by atoms with van der Waals surface area (Å²) in [5.74, 6) is 0.512. The number of H-pyrrole nitrogens is 2. The normalized spacial score (nSPS) is 13.3. The number of imidazole rings is 1. The first-order chi connectivity index (χ1) is 9.15. The highest BCUT2D eigenvalue weighted by Crippen LogP contribution is 2.28. The number of aromatic amines is 2. The van der Waals surface area contributed by atoms with Crippen molar-refractivity contribution in [3.63, 3.8) is 0 Å². The molecule has 0 saturated heterocycles. The summed E-state index contributed by atoms with van der Waals surface area (Å²) in [5.41, 5.74) is 9.02. The summed E-state index contributed by atoms with van der Waals surface area (Å²) in [4.78, 5) is 16.8. The molecule has 1 heterocycles. The van der Waals surface area contributed by atoms with Crippen molar-refractivity contribution in [3.8, 4) is 0 Å². The topological polar surface area (TPSA) is 74.7 Å². The van der Waals surface area contributed by atoms with Crippen LogP contribution in [0.25, 0.3) is 11.0 Å². The predicted octanol–water partition coefficient (Wildman–Crippen LogP) is 3.07. The lowest BCUT2D eigenvalue weighted by atomic mass is 9.86. The van der Waals surface area contributed by atoms with Crippen molar-refractivity contribution in [1.82, 2.24) is 9.97 Å². The van der Waals surface area contributed by atoms with Gasteiger partial charge in [-0.05, 0) is 36.5 Å². The molecule has 104 valence electrons. The molecule has 1 atom stereocenters. The molecule has 0 spiro atoms. The van der Waals surface area contributed by atoms with Gasteiger partial charge in [-0.1, -0.05) is 32.8 Å². The molecule has 0 aliphatic rings. The third-order valence-electron chi connectivity index (χ3n) is 3.75. The summed E-state index contributed by atoms with van der Waals surface area (Å²) in [6, 6.07) is 5.99. The van der Waals surface area contributed by atoms with Gasteiger partial charge in [0.05, 0.1) is 11.0 Å². The van der Waals surface area contributed by atoms with Crippen LogP contribution in [-0.2, 0) is 0 Å². The maximum atomic E-state index is 11.3. The molecular formula is C15H23N3O. The van der Waals surface area contributed by atoms with Gasteiger partial charge in [0, 0.05) is 6.04 Å². The first-order valence-electron chi connectivity index (χ1n) is 7.13. The summed E-state index contributed by atoms with van der Waals surface area (Å²) >= 11 is 0. The maximum Gasteiger partial charge on any atom is 0.323 e. The average molecular weight is 261 g/mol. The standard InChI is InChI=1S/C15H23N3O/c1-3-5-10(6-4-2)14(16)11-7-8-12-13(9-11)18-15(19)17-12/h7-10,14H,3-6,16H2,1-2H3,(H2,17,18,19). The van der Waals surface area contributed by atoms with Crippen LogP contribution in [0.3, 0.4) is 0 Å². The van der Waals surface area contributed by atoms with E-state index >= 15 is 0 Å². The van der Waals surface area contributed by atoms with Gasteiger partial charge < -0.3 is 15.7 Å². The minimum Gasteiger partial charge on any atom is -0.324 e. The predicted molar refractivity (Wildman–Crippen MR) is 79.2 cm³/mol. The van der Waals surface area contributed by atoms with Crippen LogP contribution in [0.15, 0.2) is 23.0 Å². The molecule has 0 saturated carbocycles. The molecule has 0 bridgehead atoms. The first-order valence-corrected chi connectivity index (χ1v) is 7.13. The number of hydrogen-bond donors (Lipinski definition) is 3. The molecule has 0 fully saturated rings. The first kappa shape index (κ1) is 13.9. The highest BCUT2D eigenvalue weighted by Gasteiger charge is 2.18. The van der Waals surface area contributed by atoms with Gasteiger partial charge in [-0.3, -0.25) is 0 Å². The van der Waals surface area contributed by atoms with E-state index in [0.717, 1.165) is 42.3 Å². The fourth-order valence-corrected chi connectivity index (χ4v) is 2.77. The molecule has 2 aromatic rings. The molecule has 1 aromatic heterocycles. The molecule has 0 amide bonds. The number of fused-ring (bicyclic) bond motifs is 1. The summed E-state index contributed by atoms with van der Waals surface area (Å²) in [6.45, 7) is 4.39. The van der Waals surface area contributed by atoms with E-state index < -0.39 is 0 Å². The zero-order valence-electron chi connectivity index (χ0n) is 11.7. The van der Waals surface area contributed by atoms with E-state index in [-0.39, 0.29) is 11.7 Å². The van der Waals surface area contributed by atoms with Crippen molar-refractivity contribution in [1.29, 1.82) is 0 Å². The lowest BCUT2D eigenvalue weighted by Gasteiger charge is -2.23. The van der Waals surface area contributed by atoms with Gasteiger partial charge in [0.25, 0.3) is 0 Å². The van der Waals surface area contributed by atoms with Crippen LogP contribution in [0.1, 0.15) is 51.1 Å². The molecule has 2 rings (SSSR count). The van der Waals surface area contributed by atoms with E-state index in [2.05, 4.69) is 23.8 Å². The third-order valence-corrected chi connectivity index (χ3v) is 3.75. The second-order valence-electron chi connectivity index (χ2n) is 5.25. The number of rotatable bonds is 6. The summed E-state index contributed by atoms with van der Waals surface area (Å²) < 4.78 is 0. The lowest BCUT2D eigenvalue weighted by molar-refractivity contribution is 0.369. The Morgan fingerprint density at radius 2 is 1.74 bits per heavy atom. The van der Waals surface area contributed by atoms with Crippen LogP contribution in [0, 0.1) is 5.92 Å². The Kier molecular flexibility index (Phi) is 4.43. The Hall–Kier alpha value is -1.55. The van der Waals surface area contributed by atoms with Crippen LogP contribution < -0.4 is 11.4 Å². The zero-order valence-corrected chi connectivity index (χ0v) is 11.7. The number of nitrogens with two attached hydrogens (primary N) is 1. The maximum absolute atomic E-state index is 11.3. The number of hydrogen-bond acceptors (Lipinski definition) is 2. The van der Waals surface area contributed by atoms with Gasteiger partial charge in [0.1, 0.15) is 0 Å². The third kappa shape index (κ3) is 3.07. The highest BCUT2D eigenvalue weighted by molar-refractivity contribution is 5.75. The second-order valence-corrected chi connectivity index (χ2v) is 5.25. The van der Waals surface area contributed by atoms with E-state index in [1.807, 2.05) is 18.2 Å². The monoisotopic (exact) mass is 261 g/mol. The van der Waals surface area contributed by atoms with Crippen molar-refractivity contribution in [2.75, 3.05) is 0 Å². The second kappa shape index (κ2) is 6.06. The van der Waals surface area contributed by atoms with Crippen LogP contribution in [0.2, 0.25) is 0 Å². The molecule has 0 radical (unpaired) electrons. The van der Waals surface area contributed by atoms with Crippen LogP contribution in [0.5, 0.6) is 0 Å². The van der Waals surface area contributed by atoms with Crippen molar-refractivity contribution >= 4 is 11.0 Å². The van der Waals surface area contributed by atoms with Gasteiger partial charge in [0.2, 0.25) is 0 Å². The van der Waals surface area contributed by atoms with Crippen molar-refractivity contribution in [2.45, 2.75) is 45.6 Å². The Labute approximate surface area is 113 Å². The summed E-state index contributed by atoms with van der Waals surface area (Å²) in [7, 11) is 0. The average Bonchev–Trinajstić information content (AvgIpc) is 2.76. The molecule has 4 nitrogen and oxygen atoms in total. The highest BCUT2D eigenvalue weighted by atomic mass is 16.1. The minimum absolute atomic E-state index is 0.0442. The number of aromatic nitrogens is 2. The van der Waals surface area contributed by atoms with E-state index in [9.17, 15) is 4.79 Å². The van der Waals surface area contributed by atoms with Crippen LogP contribution >= 0.6 is 0 Å². The molecule has 19 heavy (non-hydrogen) atoms. The molecule has 1 aromatic carbocycles. The van der Waals surface area contributed by atoms with Gasteiger partial charge in [0.15, 0.2) is 0 Å². The van der Waals surface area contributed by atoms with Gasteiger partial charge >= 0.3 is 5.69 Å². The molecule has 4 N–H and O–H groups in total. The van der Waals surface area contributed by atoms with Gasteiger partial charge in [-0.25, -0.2) is 4.79 Å². The van der Waals surface area contributed by atoms with Gasteiger partial charge in [-0.15, -0.1) is 0 Å². The Balaban J connectivity index is 2.28. The molecule has 0 aliphatic heterocycles. The number of benzene rings is 1. The number of nitrogens with one attached hydrogen (secondary N) is 2. The zero-order chi connectivity index (χ0) is 13.8. The van der Waals surface area contributed by atoms with Crippen LogP contribution in [-0.4, -0.2) is 9.97 Å². The molecule has 1 unspecified atom stereocenters. The van der Waals surface area contributed by atoms with Gasteiger partial charge in [-0.2, -0.15) is 0 Å². The fourth-order valence-electron chi connectivity index (χ4n) is 2.77.